The van der Waals surface area contributed by atoms with E-state index in [1.807, 2.05) is 18.2 Å². The van der Waals surface area contributed by atoms with Gasteiger partial charge in [-0.3, -0.25) is 9.36 Å². The largest absolute Gasteiger partial charge is 0.419 e. The Hall–Kier alpha value is -2.08. The molecular formula is C12H15N3O3. The summed E-state index contributed by atoms with van der Waals surface area (Å²) in [4.78, 5) is 21.9. The van der Waals surface area contributed by atoms with Gasteiger partial charge in [-0.15, -0.1) is 0 Å². The Balaban J connectivity index is 2.06. The SMILES string of the molecule is Cn1c(=O)oc2cc(CCNCC(N)=O)ccc21. The first-order chi connectivity index (χ1) is 8.58. The van der Waals surface area contributed by atoms with Crippen LogP contribution >= 0.6 is 0 Å². The number of carbonyl (C=O) groups is 1. The molecule has 0 aliphatic rings. The number of nitrogens with zero attached hydrogens (tertiary/aromatic N) is 1. The molecule has 1 amide bonds. The number of carbonyl (C=O) groups excluding carboxylic acids is 1. The van der Waals surface area contributed by atoms with Gasteiger partial charge in [-0.2, -0.15) is 0 Å². The number of primary amides is 1. The van der Waals surface area contributed by atoms with Crippen LogP contribution in [-0.4, -0.2) is 23.6 Å². The molecule has 0 unspecified atom stereocenters. The second-order valence-corrected chi connectivity index (χ2v) is 4.12. The zero-order valence-electron chi connectivity index (χ0n) is 10.1. The van der Waals surface area contributed by atoms with Crippen LogP contribution in [-0.2, 0) is 18.3 Å². The van der Waals surface area contributed by atoms with Crippen molar-refractivity contribution in [3.8, 4) is 0 Å². The van der Waals surface area contributed by atoms with Crippen molar-refractivity contribution in [1.82, 2.24) is 9.88 Å². The summed E-state index contributed by atoms with van der Waals surface area (Å²) in [6, 6.07) is 5.62. The van der Waals surface area contributed by atoms with Crippen LogP contribution in [0.2, 0.25) is 0 Å². The lowest BCUT2D eigenvalue weighted by molar-refractivity contribution is -0.117. The molecule has 0 saturated carbocycles. The Morgan fingerprint density at radius 2 is 2.28 bits per heavy atom. The number of benzene rings is 1. The number of aromatic nitrogens is 1. The number of hydrogen-bond donors (Lipinski definition) is 2. The van der Waals surface area contributed by atoms with Crippen molar-refractivity contribution in [2.75, 3.05) is 13.1 Å². The number of fused-ring (bicyclic) bond motifs is 1. The van der Waals surface area contributed by atoms with Crippen LogP contribution in [0.15, 0.2) is 27.4 Å². The summed E-state index contributed by atoms with van der Waals surface area (Å²) in [5.41, 5.74) is 7.40. The molecule has 0 atom stereocenters. The second-order valence-electron chi connectivity index (χ2n) is 4.12. The lowest BCUT2D eigenvalue weighted by atomic mass is 10.1. The molecule has 1 aromatic carbocycles. The molecule has 6 nitrogen and oxygen atoms in total. The van der Waals surface area contributed by atoms with Gasteiger partial charge in [0.1, 0.15) is 0 Å². The molecule has 0 saturated heterocycles. The van der Waals surface area contributed by atoms with Crippen molar-refractivity contribution < 1.29 is 9.21 Å². The molecule has 2 rings (SSSR count). The van der Waals surface area contributed by atoms with E-state index < -0.39 is 0 Å². The molecular weight excluding hydrogens is 234 g/mol. The normalized spacial score (nSPS) is 10.9. The van der Waals surface area contributed by atoms with E-state index in [-0.39, 0.29) is 18.2 Å². The molecule has 0 bridgehead atoms. The highest BCUT2D eigenvalue weighted by molar-refractivity contribution is 5.76. The molecule has 3 N–H and O–H groups in total. The van der Waals surface area contributed by atoms with Gasteiger partial charge in [0.15, 0.2) is 5.58 Å². The van der Waals surface area contributed by atoms with Crippen LogP contribution in [0.3, 0.4) is 0 Å². The number of nitrogens with two attached hydrogens (primary N) is 1. The molecule has 1 aromatic heterocycles. The van der Waals surface area contributed by atoms with Gasteiger partial charge < -0.3 is 15.5 Å². The van der Waals surface area contributed by atoms with Crippen LogP contribution in [0.1, 0.15) is 5.56 Å². The van der Waals surface area contributed by atoms with E-state index in [4.69, 9.17) is 10.2 Å². The maximum atomic E-state index is 11.3. The van der Waals surface area contributed by atoms with Crippen LogP contribution in [0.5, 0.6) is 0 Å². The Morgan fingerprint density at radius 1 is 1.50 bits per heavy atom. The third-order valence-electron chi connectivity index (χ3n) is 2.75. The molecule has 96 valence electrons. The third kappa shape index (κ3) is 2.60. The lowest BCUT2D eigenvalue weighted by Crippen LogP contribution is -2.29. The summed E-state index contributed by atoms with van der Waals surface area (Å²) in [7, 11) is 1.67. The Morgan fingerprint density at radius 3 is 3.00 bits per heavy atom. The fourth-order valence-corrected chi connectivity index (χ4v) is 1.78. The molecule has 18 heavy (non-hydrogen) atoms. The Kier molecular flexibility index (Phi) is 3.47. The van der Waals surface area contributed by atoms with Crippen molar-refractivity contribution in [1.29, 1.82) is 0 Å². The van der Waals surface area contributed by atoms with E-state index >= 15 is 0 Å². The average Bonchev–Trinajstić information content (AvgIpc) is 2.60. The van der Waals surface area contributed by atoms with Crippen molar-refractivity contribution >= 4 is 17.0 Å². The molecule has 0 aliphatic heterocycles. The van der Waals surface area contributed by atoms with Crippen LogP contribution in [0, 0.1) is 0 Å². The lowest BCUT2D eigenvalue weighted by Gasteiger charge is -2.02. The second kappa shape index (κ2) is 5.05. The van der Waals surface area contributed by atoms with Gasteiger partial charge in [0.2, 0.25) is 5.91 Å². The predicted octanol–water partition coefficient (Wildman–Crippen LogP) is -0.251. The van der Waals surface area contributed by atoms with Crippen LogP contribution < -0.4 is 16.8 Å². The maximum absolute atomic E-state index is 11.3. The summed E-state index contributed by atoms with van der Waals surface area (Å²) in [6.45, 7) is 0.814. The number of oxazole rings is 1. The molecule has 0 spiro atoms. The van der Waals surface area contributed by atoms with Crippen molar-refractivity contribution in [2.45, 2.75) is 6.42 Å². The van der Waals surface area contributed by atoms with E-state index in [2.05, 4.69) is 5.32 Å². The first-order valence-corrected chi connectivity index (χ1v) is 5.65. The van der Waals surface area contributed by atoms with Gasteiger partial charge in [0, 0.05) is 7.05 Å². The van der Waals surface area contributed by atoms with E-state index in [0.29, 0.717) is 12.1 Å². The molecule has 0 aliphatic carbocycles. The molecule has 0 radical (unpaired) electrons. The summed E-state index contributed by atoms with van der Waals surface area (Å²) in [6.07, 6.45) is 0.738. The van der Waals surface area contributed by atoms with E-state index in [1.54, 1.807) is 7.05 Å². The van der Waals surface area contributed by atoms with Gasteiger partial charge in [-0.05, 0) is 30.7 Å². The highest BCUT2D eigenvalue weighted by atomic mass is 16.4. The fraction of sp³-hybridized carbons (Fsp3) is 0.333. The average molecular weight is 249 g/mol. The van der Waals surface area contributed by atoms with Gasteiger partial charge in [-0.1, -0.05) is 6.07 Å². The minimum Gasteiger partial charge on any atom is -0.408 e. The van der Waals surface area contributed by atoms with Crippen molar-refractivity contribution in [3.05, 3.63) is 34.3 Å². The van der Waals surface area contributed by atoms with E-state index in [1.165, 1.54) is 4.57 Å². The number of amides is 1. The highest BCUT2D eigenvalue weighted by Gasteiger charge is 2.06. The molecule has 1 heterocycles. The standard InChI is InChI=1S/C12H15N3O3/c1-15-9-3-2-8(4-5-14-7-11(13)16)6-10(9)18-12(15)17/h2-3,6,14H,4-5,7H2,1H3,(H2,13,16). The Bertz CT molecular complexity index is 627. The van der Waals surface area contributed by atoms with Crippen LogP contribution in [0.25, 0.3) is 11.1 Å². The summed E-state index contributed by atoms with van der Waals surface area (Å²) in [5, 5.41) is 2.93. The smallest absolute Gasteiger partial charge is 0.408 e. The molecule has 0 fully saturated rings. The van der Waals surface area contributed by atoms with Crippen molar-refractivity contribution in [2.24, 2.45) is 12.8 Å². The maximum Gasteiger partial charge on any atom is 0.419 e. The topological polar surface area (TPSA) is 90.3 Å². The number of aryl methyl sites for hydroxylation is 1. The van der Waals surface area contributed by atoms with Gasteiger partial charge in [0.05, 0.1) is 12.1 Å². The van der Waals surface area contributed by atoms with Gasteiger partial charge in [0.25, 0.3) is 0 Å². The third-order valence-corrected chi connectivity index (χ3v) is 2.75. The summed E-state index contributed by atoms with van der Waals surface area (Å²) < 4.78 is 6.56. The summed E-state index contributed by atoms with van der Waals surface area (Å²) in [5.74, 6) is -0.742. The minimum absolute atomic E-state index is 0.169. The van der Waals surface area contributed by atoms with Gasteiger partial charge in [-0.25, -0.2) is 4.79 Å². The zero-order valence-corrected chi connectivity index (χ0v) is 10.1. The Labute approximate surface area is 103 Å². The fourth-order valence-electron chi connectivity index (χ4n) is 1.78. The van der Waals surface area contributed by atoms with Crippen LogP contribution in [0.4, 0.5) is 0 Å². The predicted molar refractivity (Wildman–Crippen MR) is 67.2 cm³/mol. The first kappa shape index (κ1) is 12.4. The van der Waals surface area contributed by atoms with Gasteiger partial charge >= 0.3 is 5.76 Å². The highest BCUT2D eigenvalue weighted by Crippen LogP contribution is 2.14. The number of rotatable bonds is 5. The number of nitrogens with one attached hydrogen (secondary N) is 1. The van der Waals surface area contributed by atoms with E-state index in [0.717, 1.165) is 17.5 Å². The zero-order chi connectivity index (χ0) is 13.1. The minimum atomic E-state index is -0.375. The van der Waals surface area contributed by atoms with Crippen molar-refractivity contribution in [3.63, 3.8) is 0 Å². The van der Waals surface area contributed by atoms with E-state index in [9.17, 15) is 9.59 Å². The molecule has 2 aromatic rings. The monoisotopic (exact) mass is 249 g/mol. The quantitative estimate of drug-likeness (QED) is 0.715. The molecule has 6 heteroatoms. The summed E-state index contributed by atoms with van der Waals surface area (Å²) >= 11 is 0. The number of hydrogen-bond acceptors (Lipinski definition) is 4. The first-order valence-electron chi connectivity index (χ1n) is 5.65.